The smallest absolute Gasteiger partial charge is 0.199 e. The molecule has 0 N–H and O–H groups in total. The molecular weight excluding hydrogens is 304 g/mol. The van der Waals surface area contributed by atoms with E-state index in [1.165, 1.54) is 25.7 Å². The second-order valence-electron chi connectivity index (χ2n) is 6.04. The van der Waals surface area contributed by atoms with Crippen molar-refractivity contribution >= 4 is 12.2 Å². The Balaban J connectivity index is 1.91. The number of nitrogens with zero attached hydrogens (tertiary/aromatic N) is 4. The zero-order valence-corrected chi connectivity index (χ0v) is 14.3. The fraction of sp³-hybridized carbons (Fsp3) is 0.444. The second-order valence-corrected chi connectivity index (χ2v) is 6.41. The molecular formula is C18H24N4S. The summed E-state index contributed by atoms with van der Waals surface area (Å²) in [6.07, 6.45) is 7.09. The van der Waals surface area contributed by atoms with E-state index in [9.17, 15) is 0 Å². The highest BCUT2D eigenvalue weighted by Gasteiger charge is 2.15. The summed E-state index contributed by atoms with van der Waals surface area (Å²) in [5.74, 6) is 0.922. The molecule has 23 heavy (non-hydrogen) atoms. The van der Waals surface area contributed by atoms with Gasteiger partial charge in [0.05, 0.1) is 6.67 Å². The molecule has 1 fully saturated rings. The molecule has 2 aromatic rings. The summed E-state index contributed by atoms with van der Waals surface area (Å²) in [4.78, 5) is 2.46. The second kappa shape index (κ2) is 7.70. The van der Waals surface area contributed by atoms with Crippen molar-refractivity contribution in [2.75, 3.05) is 13.1 Å². The Morgan fingerprint density at radius 1 is 1.09 bits per heavy atom. The van der Waals surface area contributed by atoms with Crippen LogP contribution in [0.5, 0.6) is 0 Å². The Morgan fingerprint density at radius 2 is 1.78 bits per heavy atom. The van der Waals surface area contributed by atoms with Crippen molar-refractivity contribution in [3.05, 3.63) is 47.8 Å². The van der Waals surface area contributed by atoms with E-state index in [-0.39, 0.29) is 0 Å². The highest BCUT2D eigenvalue weighted by molar-refractivity contribution is 7.71. The summed E-state index contributed by atoms with van der Waals surface area (Å²) in [5.41, 5.74) is 1.09. The summed E-state index contributed by atoms with van der Waals surface area (Å²) in [7, 11) is 0. The number of allylic oxidation sites excluding steroid dienone is 1. The lowest BCUT2D eigenvalue weighted by molar-refractivity contribution is 0.213. The molecule has 0 radical (unpaired) electrons. The quantitative estimate of drug-likeness (QED) is 0.610. The van der Waals surface area contributed by atoms with Crippen molar-refractivity contribution in [3.63, 3.8) is 0 Å². The molecule has 4 nitrogen and oxygen atoms in total. The highest BCUT2D eigenvalue weighted by Crippen LogP contribution is 2.19. The van der Waals surface area contributed by atoms with Gasteiger partial charge in [0.2, 0.25) is 0 Å². The molecule has 122 valence electrons. The van der Waals surface area contributed by atoms with Gasteiger partial charge >= 0.3 is 0 Å². The molecule has 0 spiro atoms. The monoisotopic (exact) mass is 328 g/mol. The Kier molecular flexibility index (Phi) is 5.41. The van der Waals surface area contributed by atoms with E-state index in [0.29, 0.717) is 6.54 Å². The number of hydrogen-bond acceptors (Lipinski definition) is 3. The SMILES string of the molecule is C=CCn1c(-c2ccccc2)nn(CN2CCCCCC2)c1=S. The predicted molar refractivity (Wildman–Crippen MR) is 96.7 cm³/mol. The van der Waals surface area contributed by atoms with Crippen LogP contribution in [0.4, 0.5) is 0 Å². The Hall–Kier alpha value is -1.72. The summed E-state index contributed by atoms with van der Waals surface area (Å²) >= 11 is 5.67. The van der Waals surface area contributed by atoms with Crippen LogP contribution in [-0.2, 0) is 13.2 Å². The van der Waals surface area contributed by atoms with Gasteiger partial charge in [0, 0.05) is 12.1 Å². The zero-order valence-electron chi connectivity index (χ0n) is 13.5. The topological polar surface area (TPSA) is 26.0 Å². The van der Waals surface area contributed by atoms with Crippen LogP contribution in [0.1, 0.15) is 25.7 Å². The van der Waals surface area contributed by atoms with Crippen LogP contribution in [0.3, 0.4) is 0 Å². The van der Waals surface area contributed by atoms with Crippen LogP contribution >= 0.6 is 12.2 Å². The fourth-order valence-corrected chi connectivity index (χ4v) is 3.35. The number of benzene rings is 1. The maximum Gasteiger partial charge on any atom is 0.199 e. The van der Waals surface area contributed by atoms with E-state index in [1.54, 1.807) is 0 Å². The van der Waals surface area contributed by atoms with Crippen LogP contribution < -0.4 is 0 Å². The molecule has 0 saturated carbocycles. The van der Waals surface area contributed by atoms with Gasteiger partial charge in [-0.05, 0) is 38.1 Å². The van der Waals surface area contributed by atoms with Crippen molar-refractivity contribution in [1.82, 2.24) is 19.2 Å². The molecule has 5 heteroatoms. The van der Waals surface area contributed by atoms with E-state index >= 15 is 0 Å². The molecule has 1 aromatic carbocycles. The van der Waals surface area contributed by atoms with Crippen LogP contribution in [0.2, 0.25) is 0 Å². The van der Waals surface area contributed by atoms with Crippen molar-refractivity contribution in [2.24, 2.45) is 0 Å². The van der Waals surface area contributed by atoms with Crippen LogP contribution in [0.15, 0.2) is 43.0 Å². The summed E-state index contributed by atoms with van der Waals surface area (Å²) in [5, 5.41) is 4.81. The van der Waals surface area contributed by atoms with Gasteiger partial charge in [-0.2, -0.15) is 5.10 Å². The molecule has 0 unspecified atom stereocenters. The molecule has 3 rings (SSSR count). The number of hydrogen-bond donors (Lipinski definition) is 0. The Morgan fingerprint density at radius 3 is 2.43 bits per heavy atom. The van der Waals surface area contributed by atoms with Crippen molar-refractivity contribution in [2.45, 2.75) is 38.9 Å². The average Bonchev–Trinajstić information content (AvgIpc) is 2.76. The molecule has 2 heterocycles. The average molecular weight is 328 g/mol. The van der Waals surface area contributed by atoms with Gasteiger partial charge in [0.15, 0.2) is 10.6 Å². The van der Waals surface area contributed by atoms with Gasteiger partial charge < -0.3 is 0 Å². The fourth-order valence-electron chi connectivity index (χ4n) is 3.09. The molecule has 1 aromatic heterocycles. The standard InChI is InChI=1S/C18H24N4S/c1-2-12-21-17(16-10-6-5-7-11-16)19-22(18(21)23)15-20-13-8-3-4-9-14-20/h2,5-7,10-11H,1,3-4,8-9,12-15H2. The largest absolute Gasteiger partial charge is 0.296 e. The zero-order chi connectivity index (χ0) is 16.1. The molecule has 0 aliphatic carbocycles. The highest BCUT2D eigenvalue weighted by atomic mass is 32.1. The maximum absolute atomic E-state index is 5.67. The van der Waals surface area contributed by atoms with Crippen molar-refractivity contribution in [1.29, 1.82) is 0 Å². The van der Waals surface area contributed by atoms with E-state index in [2.05, 4.69) is 28.2 Å². The first-order chi connectivity index (χ1) is 11.3. The predicted octanol–water partition coefficient (Wildman–Crippen LogP) is 4.10. The van der Waals surface area contributed by atoms with Crippen LogP contribution in [0.25, 0.3) is 11.4 Å². The van der Waals surface area contributed by atoms with E-state index in [4.69, 9.17) is 17.3 Å². The van der Waals surface area contributed by atoms with Gasteiger partial charge in [0.1, 0.15) is 0 Å². The third-order valence-corrected chi connectivity index (χ3v) is 4.73. The Labute approximate surface area is 143 Å². The number of rotatable bonds is 5. The lowest BCUT2D eigenvalue weighted by Gasteiger charge is -2.19. The van der Waals surface area contributed by atoms with E-state index < -0.39 is 0 Å². The third kappa shape index (κ3) is 3.79. The minimum atomic E-state index is 0.684. The van der Waals surface area contributed by atoms with Gasteiger partial charge in [-0.3, -0.25) is 9.47 Å². The maximum atomic E-state index is 5.67. The molecule has 0 bridgehead atoms. The summed E-state index contributed by atoms with van der Waals surface area (Å²) in [6, 6.07) is 10.2. The first-order valence-electron chi connectivity index (χ1n) is 8.36. The Bertz CT molecular complexity index is 694. The van der Waals surface area contributed by atoms with Crippen molar-refractivity contribution < 1.29 is 0 Å². The van der Waals surface area contributed by atoms with Crippen LogP contribution in [0, 0.1) is 4.77 Å². The van der Waals surface area contributed by atoms with E-state index in [0.717, 1.165) is 35.9 Å². The molecule has 1 saturated heterocycles. The van der Waals surface area contributed by atoms with Gasteiger partial charge in [-0.15, -0.1) is 6.58 Å². The number of aromatic nitrogens is 3. The molecule has 1 aliphatic heterocycles. The molecule has 1 aliphatic rings. The van der Waals surface area contributed by atoms with E-state index in [1.807, 2.05) is 29.0 Å². The van der Waals surface area contributed by atoms with Gasteiger partial charge in [-0.25, -0.2) is 4.68 Å². The lowest BCUT2D eigenvalue weighted by Crippen LogP contribution is -2.28. The lowest BCUT2D eigenvalue weighted by atomic mass is 10.2. The summed E-state index contributed by atoms with van der Waals surface area (Å²) in [6.45, 7) is 7.59. The number of likely N-dealkylation sites (tertiary alicyclic amines) is 1. The minimum Gasteiger partial charge on any atom is -0.296 e. The van der Waals surface area contributed by atoms with Gasteiger partial charge in [-0.1, -0.05) is 49.2 Å². The summed E-state index contributed by atoms with van der Waals surface area (Å²) < 4.78 is 4.80. The molecule has 0 amide bonds. The minimum absolute atomic E-state index is 0.684. The third-order valence-electron chi connectivity index (χ3n) is 4.30. The first-order valence-corrected chi connectivity index (χ1v) is 8.77. The van der Waals surface area contributed by atoms with Crippen LogP contribution in [-0.4, -0.2) is 32.3 Å². The van der Waals surface area contributed by atoms with Crippen molar-refractivity contribution in [3.8, 4) is 11.4 Å². The van der Waals surface area contributed by atoms with Gasteiger partial charge in [0.25, 0.3) is 0 Å². The normalized spacial score (nSPS) is 16.2. The first kappa shape index (κ1) is 16.1. The molecule has 0 atom stereocenters.